The van der Waals surface area contributed by atoms with E-state index in [1.54, 1.807) is 54.9 Å². The number of nitrogens with one attached hydrogen (secondary N) is 2. The minimum Gasteiger partial charge on any atom is -0.454 e. The molecule has 0 aliphatic carbocycles. The van der Waals surface area contributed by atoms with Gasteiger partial charge in [0.25, 0.3) is 0 Å². The number of amides is 2. The van der Waals surface area contributed by atoms with Gasteiger partial charge in [-0.15, -0.1) is 0 Å². The highest BCUT2D eigenvalue weighted by molar-refractivity contribution is 6.30. The third-order valence-electron chi connectivity index (χ3n) is 3.94. The number of carbonyl (C=O) groups excluding carboxylic acids is 1. The van der Waals surface area contributed by atoms with E-state index < -0.39 is 11.8 Å². The third-order valence-corrected chi connectivity index (χ3v) is 4.18. The topological polar surface area (TPSA) is 76.1 Å². The molecule has 0 saturated heterocycles. The number of benzene rings is 3. The van der Waals surface area contributed by atoms with Crippen LogP contribution in [0.4, 0.5) is 20.6 Å². The summed E-state index contributed by atoms with van der Waals surface area (Å²) in [6.07, 6.45) is 3.17. The van der Waals surface area contributed by atoms with E-state index in [0.29, 0.717) is 27.5 Å². The molecule has 1 aromatic heterocycles. The predicted octanol–water partition coefficient (Wildman–Crippen LogP) is 5.86. The number of hydrogen-bond acceptors (Lipinski definition) is 4. The first-order valence-corrected chi connectivity index (χ1v) is 8.96. The van der Waals surface area contributed by atoms with Crippen LogP contribution in [0.1, 0.15) is 0 Å². The molecule has 0 saturated carbocycles. The fraction of sp³-hybridized carbons (Fsp3) is 0. The molecule has 0 fully saturated rings. The Bertz CT molecular complexity index is 1200. The summed E-state index contributed by atoms with van der Waals surface area (Å²) < 4.78 is 20.0. The molecule has 4 aromatic rings. The molecule has 0 atom stereocenters. The Morgan fingerprint density at radius 1 is 0.897 bits per heavy atom. The fourth-order valence-electron chi connectivity index (χ4n) is 2.65. The van der Waals surface area contributed by atoms with E-state index in [2.05, 4.69) is 20.6 Å². The first-order valence-electron chi connectivity index (χ1n) is 8.58. The van der Waals surface area contributed by atoms with Crippen molar-refractivity contribution in [1.82, 2.24) is 9.97 Å². The Kier molecular flexibility index (Phi) is 5.22. The van der Waals surface area contributed by atoms with E-state index in [1.165, 1.54) is 18.2 Å². The van der Waals surface area contributed by atoms with Crippen LogP contribution in [-0.2, 0) is 0 Å². The number of halogens is 2. The van der Waals surface area contributed by atoms with Gasteiger partial charge in [-0.05, 0) is 42.5 Å². The molecule has 29 heavy (non-hydrogen) atoms. The molecule has 0 bridgehead atoms. The molecule has 3 aromatic carbocycles. The van der Waals surface area contributed by atoms with Gasteiger partial charge in [-0.2, -0.15) is 0 Å². The average molecular weight is 409 g/mol. The fourth-order valence-corrected chi connectivity index (χ4v) is 2.84. The average Bonchev–Trinajstić information content (AvgIpc) is 2.70. The number of ether oxygens (including phenoxy) is 1. The van der Waals surface area contributed by atoms with Crippen molar-refractivity contribution in [1.29, 1.82) is 0 Å². The van der Waals surface area contributed by atoms with Crippen LogP contribution in [0.2, 0.25) is 5.02 Å². The van der Waals surface area contributed by atoms with E-state index >= 15 is 0 Å². The highest BCUT2D eigenvalue weighted by Gasteiger charge is 2.10. The number of carbonyl (C=O) groups is 1. The highest BCUT2D eigenvalue weighted by atomic mass is 35.5. The zero-order valence-electron chi connectivity index (χ0n) is 14.9. The number of urea groups is 1. The van der Waals surface area contributed by atoms with Crippen LogP contribution in [0.5, 0.6) is 11.5 Å². The van der Waals surface area contributed by atoms with Crippen LogP contribution in [0.3, 0.4) is 0 Å². The maximum atomic E-state index is 14.4. The van der Waals surface area contributed by atoms with Crippen molar-refractivity contribution in [3.63, 3.8) is 0 Å². The molecular weight excluding hydrogens is 395 g/mol. The second-order valence-electron chi connectivity index (χ2n) is 6.04. The second-order valence-corrected chi connectivity index (χ2v) is 6.48. The van der Waals surface area contributed by atoms with Gasteiger partial charge in [-0.25, -0.2) is 9.18 Å². The summed E-state index contributed by atoms with van der Waals surface area (Å²) in [5.74, 6) is -0.171. The molecule has 2 N–H and O–H groups in total. The molecule has 0 unspecified atom stereocenters. The van der Waals surface area contributed by atoms with Gasteiger partial charge in [-0.3, -0.25) is 9.97 Å². The Morgan fingerprint density at radius 3 is 2.41 bits per heavy atom. The van der Waals surface area contributed by atoms with Crippen LogP contribution in [-0.4, -0.2) is 16.0 Å². The summed E-state index contributed by atoms with van der Waals surface area (Å²) in [7, 11) is 0. The summed E-state index contributed by atoms with van der Waals surface area (Å²) in [6, 6.07) is 15.4. The second kappa shape index (κ2) is 8.12. The molecule has 1 heterocycles. The zero-order chi connectivity index (χ0) is 20.2. The van der Waals surface area contributed by atoms with Gasteiger partial charge in [0.1, 0.15) is 5.75 Å². The summed E-state index contributed by atoms with van der Waals surface area (Å²) >= 11 is 5.88. The van der Waals surface area contributed by atoms with Gasteiger partial charge in [0.15, 0.2) is 11.6 Å². The molecule has 8 heteroatoms. The van der Waals surface area contributed by atoms with E-state index in [1.807, 2.05) is 0 Å². The van der Waals surface area contributed by atoms with Crippen LogP contribution in [0, 0.1) is 5.82 Å². The van der Waals surface area contributed by atoms with E-state index in [9.17, 15) is 9.18 Å². The lowest BCUT2D eigenvalue weighted by atomic mass is 10.2. The van der Waals surface area contributed by atoms with Crippen molar-refractivity contribution in [2.45, 2.75) is 0 Å². The monoisotopic (exact) mass is 408 g/mol. The zero-order valence-corrected chi connectivity index (χ0v) is 15.7. The van der Waals surface area contributed by atoms with E-state index in [0.717, 1.165) is 0 Å². The Morgan fingerprint density at radius 2 is 1.66 bits per heavy atom. The summed E-state index contributed by atoms with van der Waals surface area (Å²) in [5, 5.41) is 5.68. The van der Waals surface area contributed by atoms with Gasteiger partial charge < -0.3 is 15.4 Å². The molecule has 0 aliphatic heterocycles. The normalized spacial score (nSPS) is 10.6. The molecule has 0 spiro atoms. The van der Waals surface area contributed by atoms with Crippen LogP contribution >= 0.6 is 11.6 Å². The largest absolute Gasteiger partial charge is 0.454 e. The third kappa shape index (κ3) is 4.59. The quantitative estimate of drug-likeness (QED) is 0.443. The SMILES string of the molecule is O=C(Nc1cccc(Cl)c1)Nc1ccc(Oc2ccc3nccnc3c2)c(F)c1. The number of aromatic nitrogens is 2. The van der Waals surface area contributed by atoms with Gasteiger partial charge in [0.05, 0.1) is 11.0 Å². The number of nitrogens with zero attached hydrogens (tertiary/aromatic N) is 2. The number of fused-ring (bicyclic) bond motifs is 1. The maximum absolute atomic E-state index is 14.4. The number of hydrogen-bond donors (Lipinski definition) is 2. The van der Waals surface area contributed by atoms with Gasteiger partial charge in [-0.1, -0.05) is 17.7 Å². The van der Waals surface area contributed by atoms with Gasteiger partial charge >= 0.3 is 6.03 Å². The van der Waals surface area contributed by atoms with Crippen LogP contribution in [0.15, 0.2) is 73.1 Å². The van der Waals surface area contributed by atoms with Gasteiger partial charge in [0, 0.05) is 40.9 Å². The highest BCUT2D eigenvalue weighted by Crippen LogP contribution is 2.28. The molecule has 4 rings (SSSR count). The van der Waals surface area contributed by atoms with Crippen molar-refractivity contribution < 1.29 is 13.9 Å². The van der Waals surface area contributed by atoms with Crippen molar-refractivity contribution in [2.75, 3.05) is 10.6 Å². The summed E-state index contributed by atoms with van der Waals surface area (Å²) in [5.41, 5.74) is 2.15. The van der Waals surface area contributed by atoms with Crippen LogP contribution in [0.25, 0.3) is 11.0 Å². The smallest absolute Gasteiger partial charge is 0.323 e. The molecule has 2 amide bonds. The van der Waals surface area contributed by atoms with E-state index in [-0.39, 0.29) is 11.4 Å². The molecule has 0 radical (unpaired) electrons. The minimum absolute atomic E-state index is 0.0223. The lowest BCUT2D eigenvalue weighted by Crippen LogP contribution is -2.19. The lowest BCUT2D eigenvalue weighted by molar-refractivity contribution is 0.262. The van der Waals surface area contributed by atoms with Gasteiger partial charge in [0.2, 0.25) is 0 Å². The molecule has 144 valence electrons. The van der Waals surface area contributed by atoms with Crippen molar-refractivity contribution in [3.05, 3.63) is 83.9 Å². The Labute approximate surface area is 170 Å². The van der Waals surface area contributed by atoms with Crippen molar-refractivity contribution in [3.8, 4) is 11.5 Å². The standard InChI is InChI=1S/C21H14ClFN4O2/c22-13-2-1-3-14(10-13)26-21(28)27-15-4-7-20(17(23)11-15)29-16-5-6-18-19(12-16)25-9-8-24-18/h1-12H,(H2,26,27,28). The molecular formula is C21H14ClFN4O2. The van der Waals surface area contributed by atoms with E-state index in [4.69, 9.17) is 16.3 Å². The molecule has 6 nitrogen and oxygen atoms in total. The maximum Gasteiger partial charge on any atom is 0.323 e. The Hall–Kier alpha value is -3.71. The lowest BCUT2D eigenvalue weighted by Gasteiger charge is -2.11. The number of rotatable bonds is 4. The Balaban J connectivity index is 1.45. The first kappa shape index (κ1) is 18.6. The minimum atomic E-state index is -0.621. The molecule has 0 aliphatic rings. The van der Waals surface area contributed by atoms with Crippen molar-refractivity contribution >= 4 is 40.0 Å². The summed E-state index contributed by atoms with van der Waals surface area (Å²) in [6.45, 7) is 0. The predicted molar refractivity (Wildman–Crippen MR) is 110 cm³/mol. The van der Waals surface area contributed by atoms with Crippen molar-refractivity contribution in [2.24, 2.45) is 0 Å². The summed E-state index contributed by atoms with van der Waals surface area (Å²) in [4.78, 5) is 20.4. The van der Waals surface area contributed by atoms with Crippen LogP contribution < -0.4 is 15.4 Å². The number of anilines is 2. The first-order chi connectivity index (χ1) is 14.1.